The molecule has 2 aromatic rings. The maximum Gasteiger partial charge on any atom is 0.416 e. The number of imide groups is 1. The molecule has 0 unspecified atom stereocenters. The highest BCUT2D eigenvalue weighted by molar-refractivity contribution is 7.12. The van der Waals surface area contributed by atoms with Crippen LogP contribution in [-0.4, -0.2) is 35.7 Å². The molecule has 1 aromatic carbocycles. The summed E-state index contributed by atoms with van der Waals surface area (Å²) in [6, 6.07) is 11.5. The lowest BCUT2D eigenvalue weighted by Crippen LogP contribution is -2.41. The number of nitrogens with zero attached hydrogens (tertiary/aromatic N) is 1. The van der Waals surface area contributed by atoms with E-state index in [-0.39, 0.29) is 11.5 Å². The molecule has 8 heteroatoms. The fraction of sp³-hybridized carbons (Fsp3) is 0.368. The van der Waals surface area contributed by atoms with Gasteiger partial charge in [0, 0.05) is 16.2 Å². The van der Waals surface area contributed by atoms with Crippen LogP contribution in [0.3, 0.4) is 0 Å². The third-order valence-corrected chi connectivity index (χ3v) is 5.54. The number of amides is 2. The molecule has 4 nitrogen and oxygen atoms in total. The smallest absolute Gasteiger partial charge is 0.416 e. The first-order valence-electron chi connectivity index (χ1n) is 8.41. The second-order valence-electron chi connectivity index (χ2n) is 6.43. The molecule has 2 amide bonds. The molecule has 1 saturated heterocycles. The summed E-state index contributed by atoms with van der Waals surface area (Å²) in [5, 5.41) is 0. The minimum atomic E-state index is -4.58. The van der Waals surface area contributed by atoms with Gasteiger partial charge in [-0.15, -0.1) is 11.3 Å². The molecule has 0 spiro atoms. The van der Waals surface area contributed by atoms with E-state index in [1.807, 2.05) is 30.3 Å². The lowest BCUT2D eigenvalue weighted by molar-refractivity contribution is -0.159. The van der Waals surface area contributed by atoms with Crippen LogP contribution in [0, 0.1) is 6.92 Å². The first-order chi connectivity index (χ1) is 12.8. The lowest BCUT2D eigenvalue weighted by atomic mass is 10.0. The van der Waals surface area contributed by atoms with Crippen molar-refractivity contribution in [3.8, 4) is 0 Å². The van der Waals surface area contributed by atoms with Crippen LogP contribution in [0.5, 0.6) is 0 Å². The number of carbonyl (C=O) groups excluding carboxylic acids is 2. The standard InChI is InChI=1S/C19H18F3NO3S/c1-12-7-8-16(27-12)15(19(20,21)22)10-17(24)23-14(11-26-18(23)25)9-13-5-3-2-4-6-13/h2-8,14-15H,9-11H2,1H3/t14-,15+/m1/s1. The van der Waals surface area contributed by atoms with E-state index in [9.17, 15) is 22.8 Å². The Balaban J connectivity index is 1.78. The highest BCUT2D eigenvalue weighted by atomic mass is 32.1. The van der Waals surface area contributed by atoms with Gasteiger partial charge in [-0.1, -0.05) is 30.3 Å². The number of benzene rings is 1. The van der Waals surface area contributed by atoms with Crippen molar-refractivity contribution in [3.63, 3.8) is 0 Å². The van der Waals surface area contributed by atoms with E-state index in [0.717, 1.165) is 26.7 Å². The van der Waals surface area contributed by atoms with Gasteiger partial charge in [-0.05, 0) is 31.0 Å². The summed E-state index contributed by atoms with van der Waals surface area (Å²) >= 11 is 1.00. The van der Waals surface area contributed by atoms with Gasteiger partial charge < -0.3 is 4.74 Å². The summed E-state index contributed by atoms with van der Waals surface area (Å²) in [7, 11) is 0. The highest BCUT2D eigenvalue weighted by Gasteiger charge is 2.46. The Kier molecular flexibility index (Phi) is 5.55. The third kappa shape index (κ3) is 4.50. The second-order valence-corrected chi connectivity index (χ2v) is 7.75. The quantitative estimate of drug-likeness (QED) is 0.736. The van der Waals surface area contributed by atoms with Gasteiger partial charge in [0.2, 0.25) is 5.91 Å². The number of hydrogen-bond acceptors (Lipinski definition) is 4. The average Bonchev–Trinajstić information content (AvgIpc) is 3.18. The Morgan fingerprint density at radius 1 is 1.26 bits per heavy atom. The van der Waals surface area contributed by atoms with Crippen LogP contribution < -0.4 is 0 Å². The maximum absolute atomic E-state index is 13.5. The number of ether oxygens (including phenoxy) is 1. The summed E-state index contributed by atoms with van der Waals surface area (Å²) in [6.07, 6.45) is -5.94. The van der Waals surface area contributed by atoms with Crippen molar-refractivity contribution in [1.82, 2.24) is 4.90 Å². The van der Waals surface area contributed by atoms with Gasteiger partial charge in [0.05, 0.1) is 12.0 Å². The maximum atomic E-state index is 13.5. The van der Waals surface area contributed by atoms with Crippen LogP contribution in [0.2, 0.25) is 0 Å². The molecule has 3 rings (SSSR count). The molecular weight excluding hydrogens is 379 g/mol. The van der Waals surface area contributed by atoms with Crippen LogP contribution in [0.1, 0.15) is 27.7 Å². The van der Waals surface area contributed by atoms with E-state index in [4.69, 9.17) is 4.74 Å². The third-order valence-electron chi connectivity index (χ3n) is 4.42. The molecule has 1 aromatic heterocycles. The second kappa shape index (κ2) is 7.72. The van der Waals surface area contributed by atoms with Crippen LogP contribution in [0.4, 0.5) is 18.0 Å². The van der Waals surface area contributed by atoms with Crippen LogP contribution in [0.25, 0.3) is 0 Å². The lowest BCUT2D eigenvalue weighted by Gasteiger charge is -2.24. The molecule has 0 radical (unpaired) electrons. The summed E-state index contributed by atoms with van der Waals surface area (Å²) in [5.41, 5.74) is 0.875. The molecule has 1 aliphatic rings. The number of hydrogen-bond donors (Lipinski definition) is 0. The Labute approximate surface area is 158 Å². The summed E-state index contributed by atoms with van der Waals surface area (Å²) in [6.45, 7) is 1.69. The molecule has 2 heterocycles. The molecular formula is C19H18F3NO3S. The monoisotopic (exact) mass is 397 g/mol. The van der Waals surface area contributed by atoms with Crippen molar-refractivity contribution in [2.45, 2.75) is 37.9 Å². The SMILES string of the molecule is Cc1ccc([C@H](CC(=O)N2C(=O)OC[C@H]2Cc2ccccc2)C(F)(F)F)s1. The summed E-state index contributed by atoms with van der Waals surface area (Å²) < 4.78 is 45.5. The van der Waals surface area contributed by atoms with Crippen LogP contribution >= 0.6 is 11.3 Å². The van der Waals surface area contributed by atoms with E-state index >= 15 is 0 Å². The van der Waals surface area contributed by atoms with E-state index < -0.39 is 36.6 Å². The first kappa shape index (κ1) is 19.4. The number of thiophene rings is 1. The predicted molar refractivity (Wildman–Crippen MR) is 94.6 cm³/mol. The molecule has 0 bridgehead atoms. The van der Waals surface area contributed by atoms with E-state index in [2.05, 4.69) is 0 Å². The number of halogens is 3. The molecule has 144 valence electrons. The Hall–Kier alpha value is -2.35. The number of rotatable bonds is 5. The number of cyclic esters (lactones) is 1. The van der Waals surface area contributed by atoms with Gasteiger partial charge >= 0.3 is 12.3 Å². The Bertz CT molecular complexity index is 819. The molecule has 1 aliphatic heterocycles. The van der Waals surface area contributed by atoms with E-state index in [1.165, 1.54) is 6.07 Å². The minimum absolute atomic E-state index is 0.0196. The van der Waals surface area contributed by atoms with Crippen molar-refractivity contribution in [1.29, 1.82) is 0 Å². The normalized spacial score (nSPS) is 18.4. The molecule has 2 atom stereocenters. The van der Waals surface area contributed by atoms with E-state index in [1.54, 1.807) is 13.0 Å². The summed E-state index contributed by atoms with van der Waals surface area (Å²) in [4.78, 5) is 26.3. The van der Waals surface area contributed by atoms with Crippen molar-refractivity contribution < 1.29 is 27.5 Å². The molecule has 1 fully saturated rings. The van der Waals surface area contributed by atoms with Crippen LogP contribution in [0.15, 0.2) is 42.5 Å². The average molecular weight is 397 g/mol. The Morgan fingerprint density at radius 2 is 1.96 bits per heavy atom. The highest BCUT2D eigenvalue weighted by Crippen LogP contribution is 2.41. The summed E-state index contributed by atoms with van der Waals surface area (Å²) in [5.74, 6) is -2.80. The van der Waals surface area contributed by atoms with Crippen molar-refractivity contribution in [2.75, 3.05) is 6.61 Å². The largest absolute Gasteiger partial charge is 0.447 e. The Morgan fingerprint density at radius 3 is 2.56 bits per heavy atom. The molecule has 27 heavy (non-hydrogen) atoms. The van der Waals surface area contributed by atoms with Gasteiger partial charge in [-0.2, -0.15) is 13.2 Å². The number of alkyl halides is 3. The topological polar surface area (TPSA) is 46.6 Å². The molecule has 0 aliphatic carbocycles. The molecule has 0 N–H and O–H groups in total. The minimum Gasteiger partial charge on any atom is -0.447 e. The zero-order valence-corrected chi connectivity index (χ0v) is 15.3. The van der Waals surface area contributed by atoms with Gasteiger partial charge in [0.15, 0.2) is 0 Å². The van der Waals surface area contributed by atoms with Crippen molar-refractivity contribution >= 4 is 23.3 Å². The number of aryl methyl sites for hydroxylation is 1. The predicted octanol–water partition coefficient (Wildman–Crippen LogP) is 4.68. The van der Waals surface area contributed by atoms with Gasteiger partial charge in [0.1, 0.15) is 6.61 Å². The van der Waals surface area contributed by atoms with Gasteiger partial charge in [0.25, 0.3) is 0 Å². The van der Waals surface area contributed by atoms with Crippen molar-refractivity contribution in [2.24, 2.45) is 0 Å². The van der Waals surface area contributed by atoms with Crippen LogP contribution in [-0.2, 0) is 16.0 Å². The molecule has 0 saturated carbocycles. The van der Waals surface area contributed by atoms with Gasteiger partial charge in [-0.3, -0.25) is 4.79 Å². The fourth-order valence-corrected chi connectivity index (χ4v) is 4.10. The zero-order valence-electron chi connectivity index (χ0n) is 14.5. The number of carbonyl (C=O) groups is 2. The van der Waals surface area contributed by atoms with Gasteiger partial charge in [-0.25, -0.2) is 9.69 Å². The van der Waals surface area contributed by atoms with E-state index in [0.29, 0.717) is 6.42 Å². The zero-order chi connectivity index (χ0) is 19.6. The van der Waals surface area contributed by atoms with Crippen molar-refractivity contribution in [3.05, 3.63) is 57.8 Å². The first-order valence-corrected chi connectivity index (χ1v) is 9.23. The fourth-order valence-electron chi connectivity index (χ4n) is 3.09.